The van der Waals surface area contributed by atoms with Crippen molar-refractivity contribution in [3.63, 3.8) is 0 Å². The van der Waals surface area contributed by atoms with Gasteiger partial charge in [-0.15, -0.1) is 0 Å². The summed E-state index contributed by atoms with van der Waals surface area (Å²) in [6.45, 7) is 6.16. The van der Waals surface area contributed by atoms with E-state index in [-0.39, 0.29) is 18.1 Å². The molecular formula is C17H22N2O2. The highest BCUT2D eigenvalue weighted by Crippen LogP contribution is 2.34. The van der Waals surface area contributed by atoms with Crippen molar-refractivity contribution in [1.82, 2.24) is 4.90 Å². The molecule has 1 aromatic rings. The van der Waals surface area contributed by atoms with Crippen LogP contribution in [0, 0.1) is 17.2 Å². The predicted molar refractivity (Wildman–Crippen MR) is 80.5 cm³/mol. The number of carbonyl (C=O) groups excluding carboxylic acids is 1. The summed E-state index contributed by atoms with van der Waals surface area (Å²) in [6, 6.07) is 12.1. The molecule has 1 aromatic carbocycles. The molecule has 4 nitrogen and oxygen atoms in total. The SMILES string of the molecule is CC(C)(C)OC(=O)N1CCC(C#N)CC1c1ccccc1. The van der Waals surface area contributed by atoms with Gasteiger partial charge in [0.15, 0.2) is 0 Å². The van der Waals surface area contributed by atoms with Gasteiger partial charge in [-0.05, 0) is 39.2 Å². The van der Waals surface area contributed by atoms with E-state index in [4.69, 9.17) is 4.74 Å². The van der Waals surface area contributed by atoms with E-state index in [0.717, 1.165) is 5.56 Å². The van der Waals surface area contributed by atoms with Crippen molar-refractivity contribution in [2.45, 2.75) is 45.3 Å². The molecule has 0 aromatic heterocycles. The lowest BCUT2D eigenvalue weighted by Gasteiger charge is -2.38. The fourth-order valence-corrected chi connectivity index (χ4v) is 2.61. The molecule has 0 spiro atoms. The summed E-state index contributed by atoms with van der Waals surface area (Å²) in [7, 11) is 0. The fourth-order valence-electron chi connectivity index (χ4n) is 2.61. The van der Waals surface area contributed by atoms with Gasteiger partial charge in [-0.1, -0.05) is 30.3 Å². The third-order valence-corrected chi connectivity index (χ3v) is 3.60. The summed E-state index contributed by atoms with van der Waals surface area (Å²) in [5, 5.41) is 9.18. The van der Waals surface area contributed by atoms with Gasteiger partial charge in [0.25, 0.3) is 0 Å². The summed E-state index contributed by atoms with van der Waals surface area (Å²) in [6.07, 6.45) is 1.08. The lowest BCUT2D eigenvalue weighted by molar-refractivity contribution is 0.00668. The molecule has 0 N–H and O–H groups in total. The van der Waals surface area contributed by atoms with Gasteiger partial charge < -0.3 is 9.64 Å². The van der Waals surface area contributed by atoms with Crippen molar-refractivity contribution in [3.05, 3.63) is 35.9 Å². The molecule has 1 fully saturated rings. The minimum atomic E-state index is -0.510. The van der Waals surface area contributed by atoms with Gasteiger partial charge >= 0.3 is 6.09 Å². The predicted octanol–water partition coefficient (Wildman–Crippen LogP) is 3.90. The zero-order chi connectivity index (χ0) is 15.5. The lowest BCUT2D eigenvalue weighted by Crippen LogP contribution is -2.43. The molecular weight excluding hydrogens is 264 g/mol. The first kappa shape index (κ1) is 15.4. The number of rotatable bonds is 1. The van der Waals surface area contributed by atoms with Gasteiger partial charge in [-0.25, -0.2) is 4.79 Å². The first-order chi connectivity index (χ1) is 9.90. The fraction of sp³-hybridized carbons (Fsp3) is 0.529. The highest BCUT2D eigenvalue weighted by Gasteiger charge is 2.34. The Morgan fingerprint density at radius 1 is 1.33 bits per heavy atom. The average Bonchev–Trinajstić information content (AvgIpc) is 2.45. The molecule has 1 aliphatic heterocycles. The molecule has 2 atom stereocenters. The van der Waals surface area contributed by atoms with Crippen molar-refractivity contribution in [2.75, 3.05) is 6.54 Å². The van der Waals surface area contributed by atoms with Gasteiger partial charge in [0.05, 0.1) is 18.0 Å². The van der Waals surface area contributed by atoms with Crippen LogP contribution in [0.2, 0.25) is 0 Å². The van der Waals surface area contributed by atoms with Gasteiger partial charge in [0, 0.05) is 6.54 Å². The van der Waals surface area contributed by atoms with E-state index in [2.05, 4.69) is 6.07 Å². The van der Waals surface area contributed by atoms with Gasteiger partial charge in [-0.2, -0.15) is 5.26 Å². The van der Waals surface area contributed by atoms with Crippen molar-refractivity contribution >= 4 is 6.09 Å². The van der Waals surface area contributed by atoms with E-state index in [0.29, 0.717) is 19.4 Å². The van der Waals surface area contributed by atoms with E-state index < -0.39 is 5.60 Å². The van der Waals surface area contributed by atoms with Crippen molar-refractivity contribution in [1.29, 1.82) is 5.26 Å². The summed E-state index contributed by atoms with van der Waals surface area (Å²) < 4.78 is 5.50. The maximum Gasteiger partial charge on any atom is 0.410 e. The molecule has 0 saturated carbocycles. The number of amides is 1. The molecule has 1 saturated heterocycles. The Labute approximate surface area is 126 Å². The third kappa shape index (κ3) is 3.98. The second kappa shape index (κ2) is 6.17. The second-order valence-corrected chi connectivity index (χ2v) is 6.45. The molecule has 0 aliphatic carbocycles. The summed E-state index contributed by atoms with van der Waals surface area (Å²) in [5.74, 6) is -0.00565. The number of nitrogens with zero attached hydrogens (tertiary/aromatic N) is 2. The number of piperidine rings is 1. The van der Waals surface area contributed by atoms with Crippen molar-refractivity contribution in [2.24, 2.45) is 5.92 Å². The van der Waals surface area contributed by atoms with Crippen LogP contribution in [0.1, 0.15) is 45.2 Å². The second-order valence-electron chi connectivity index (χ2n) is 6.45. The van der Waals surface area contributed by atoms with Gasteiger partial charge in [-0.3, -0.25) is 0 Å². The molecule has 0 radical (unpaired) electrons. The highest BCUT2D eigenvalue weighted by atomic mass is 16.6. The Morgan fingerprint density at radius 2 is 2.00 bits per heavy atom. The normalized spacial score (nSPS) is 22.5. The highest BCUT2D eigenvalue weighted by molar-refractivity contribution is 5.69. The summed E-state index contributed by atoms with van der Waals surface area (Å²) >= 11 is 0. The van der Waals surface area contributed by atoms with E-state index in [1.54, 1.807) is 4.90 Å². The van der Waals surface area contributed by atoms with E-state index in [1.165, 1.54) is 0 Å². The van der Waals surface area contributed by atoms with E-state index >= 15 is 0 Å². The van der Waals surface area contributed by atoms with Crippen LogP contribution in [-0.2, 0) is 4.74 Å². The van der Waals surface area contributed by atoms with Crippen LogP contribution >= 0.6 is 0 Å². The van der Waals surface area contributed by atoms with E-state index in [1.807, 2.05) is 51.1 Å². The number of benzene rings is 1. The minimum Gasteiger partial charge on any atom is -0.444 e. The summed E-state index contributed by atoms with van der Waals surface area (Å²) in [4.78, 5) is 14.2. The summed E-state index contributed by atoms with van der Waals surface area (Å²) in [5.41, 5.74) is 0.549. The van der Waals surface area contributed by atoms with Crippen LogP contribution in [0.25, 0.3) is 0 Å². The van der Waals surface area contributed by atoms with Crippen LogP contribution < -0.4 is 0 Å². The quantitative estimate of drug-likeness (QED) is 0.786. The minimum absolute atomic E-state index is 0.00565. The van der Waals surface area contributed by atoms with Crippen LogP contribution in [0.5, 0.6) is 0 Å². The Kier molecular flexibility index (Phi) is 4.52. The molecule has 21 heavy (non-hydrogen) atoms. The number of hydrogen-bond donors (Lipinski definition) is 0. The zero-order valence-electron chi connectivity index (χ0n) is 12.9. The van der Waals surface area contributed by atoms with Gasteiger partial charge in [0.2, 0.25) is 0 Å². The Bertz CT molecular complexity index is 528. The number of nitriles is 1. The largest absolute Gasteiger partial charge is 0.444 e. The number of likely N-dealkylation sites (tertiary alicyclic amines) is 1. The topological polar surface area (TPSA) is 53.3 Å². The number of ether oxygens (including phenoxy) is 1. The molecule has 2 unspecified atom stereocenters. The maximum atomic E-state index is 12.4. The Hall–Kier alpha value is -2.02. The van der Waals surface area contributed by atoms with Crippen molar-refractivity contribution in [3.8, 4) is 6.07 Å². The number of hydrogen-bond acceptors (Lipinski definition) is 3. The van der Waals surface area contributed by atoms with Crippen LogP contribution in [-0.4, -0.2) is 23.1 Å². The molecule has 1 aliphatic rings. The first-order valence-electron chi connectivity index (χ1n) is 7.35. The zero-order valence-corrected chi connectivity index (χ0v) is 12.9. The molecule has 4 heteroatoms. The standard InChI is InChI=1S/C17H22N2O2/c1-17(2,3)21-16(20)19-10-9-13(12-18)11-15(19)14-7-5-4-6-8-14/h4-8,13,15H,9-11H2,1-3H3. The monoisotopic (exact) mass is 286 g/mol. The van der Waals surface area contributed by atoms with Crippen molar-refractivity contribution < 1.29 is 9.53 Å². The molecule has 112 valence electrons. The van der Waals surface area contributed by atoms with Crippen LogP contribution in [0.4, 0.5) is 4.79 Å². The van der Waals surface area contributed by atoms with Gasteiger partial charge in [0.1, 0.15) is 5.60 Å². The Morgan fingerprint density at radius 3 is 2.57 bits per heavy atom. The molecule has 1 heterocycles. The smallest absolute Gasteiger partial charge is 0.410 e. The average molecular weight is 286 g/mol. The molecule has 1 amide bonds. The molecule has 2 rings (SSSR count). The Balaban J connectivity index is 2.22. The third-order valence-electron chi connectivity index (χ3n) is 3.60. The van der Waals surface area contributed by atoms with Crippen LogP contribution in [0.15, 0.2) is 30.3 Å². The van der Waals surface area contributed by atoms with Crippen LogP contribution in [0.3, 0.4) is 0 Å². The first-order valence-corrected chi connectivity index (χ1v) is 7.35. The number of carbonyl (C=O) groups is 1. The lowest BCUT2D eigenvalue weighted by atomic mass is 9.88. The van der Waals surface area contributed by atoms with E-state index in [9.17, 15) is 10.1 Å². The molecule has 0 bridgehead atoms. The maximum absolute atomic E-state index is 12.4.